The van der Waals surface area contributed by atoms with Crippen LogP contribution in [0.5, 0.6) is 0 Å². The van der Waals surface area contributed by atoms with Gasteiger partial charge in [0, 0.05) is 26.7 Å². The van der Waals surface area contributed by atoms with Gasteiger partial charge in [-0.3, -0.25) is 4.79 Å². The van der Waals surface area contributed by atoms with Gasteiger partial charge in [-0.05, 0) is 54.8 Å². The summed E-state index contributed by atoms with van der Waals surface area (Å²) in [4.78, 5) is 17.4. The highest BCUT2D eigenvalue weighted by Crippen LogP contribution is 2.20. The van der Waals surface area contributed by atoms with E-state index in [9.17, 15) is 9.18 Å². The van der Waals surface area contributed by atoms with E-state index in [4.69, 9.17) is 0 Å². The average Bonchev–Trinajstić information content (AvgIpc) is 3.15. The van der Waals surface area contributed by atoms with Crippen LogP contribution >= 0.6 is 11.3 Å². The minimum Gasteiger partial charge on any atom is -0.341 e. The normalized spacial score (nSPS) is 18.2. The van der Waals surface area contributed by atoms with E-state index in [1.165, 1.54) is 17.4 Å². The Kier molecular flexibility index (Phi) is 6.21. The first-order valence-corrected chi connectivity index (χ1v) is 9.76. The van der Waals surface area contributed by atoms with Crippen LogP contribution in [-0.2, 0) is 6.42 Å². The molecule has 3 nitrogen and oxygen atoms in total. The highest BCUT2D eigenvalue weighted by atomic mass is 32.1. The summed E-state index contributed by atoms with van der Waals surface area (Å²) in [6.07, 6.45) is 3.03. The molecule has 1 amide bonds. The Labute approximate surface area is 153 Å². The smallest absolute Gasteiger partial charge is 0.263 e. The highest BCUT2D eigenvalue weighted by Gasteiger charge is 2.23. The molecule has 1 atom stereocenters. The number of carbonyl (C=O) groups excluding carboxylic acids is 1. The third-order valence-corrected chi connectivity index (χ3v) is 5.73. The quantitative estimate of drug-likeness (QED) is 0.780. The summed E-state index contributed by atoms with van der Waals surface area (Å²) in [5.41, 5.74) is 0.787. The first kappa shape index (κ1) is 18.1. The van der Waals surface area contributed by atoms with Gasteiger partial charge < -0.3 is 9.80 Å². The van der Waals surface area contributed by atoms with Gasteiger partial charge in [-0.2, -0.15) is 0 Å². The van der Waals surface area contributed by atoms with Crippen molar-refractivity contribution in [3.63, 3.8) is 0 Å². The van der Waals surface area contributed by atoms with E-state index in [1.54, 1.807) is 6.07 Å². The van der Waals surface area contributed by atoms with Crippen LogP contribution in [0.15, 0.2) is 41.8 Å². The number of benzene rings is 1. The molecule has 1 fully saturated rings. The Hall–Kier alpha value is -1.72. The molecule has 1 aliphatic heterocycles. The predicted octanol–water partition coefficient (Wildman–Crippen LogP) is 3.91. The monoisotopic (exact) mass is 360 g/mol. The summed E-state index contributed by atoms with van der Waals surface area (Å²) in [7, 11) is 1.89. The van der Waals surface area contributed by atoms with Crippen molar-refractivity contribution in [3.8, 4) is 0 Å². The van der Waals surface area contributed by atoms with Crippen molar-refractivity contribution in [2.45, 2.75) is 19.3 Å². The number of amides is 1. The van der Waals surface area contributed by atoms with E-state index in [1.807, 2.05) is 41.6 Å². The number of likely N-dealkylation sites (tertiary alicyclic amines) is 1. The van der Waals surface area contributed by atoms with E-state index >= 15 is 0 Å². The second-order valence-electron chi connectivity index (χ2n) is 6.81. The number of thiophene rings is 1. The Bertz CT molecular complexity index is 689. The van der Waals surface area contributed by atoms with Gasteiger partial charge in [0.2, 0.25) is 0 Å². The fourth-order valence-corrected chi connectivity index (χ4v) is 4.26. The zero-order valence-corrected chi connectivity index (χ0v) is 15.5. The zero-order chi connectivity index (χ0) is 17.6. The molecule has 0 saturated carbocycles. The molecule has 0 aliphatic carbocycles. The summed E-state index contributed by atoms with van der Waals surface area (Å²) >= 11 is 1.49. The molecule has 1 unspecified atom stereocenters. The van der Waals surface area contributed by atoms with Crippen LogP contribution in [0.2, 0.25) is 0 Å². The molecule has 5 heteroatoms. The molecule has 1 saturated heterocycles. The molecule has 0 radical (unpaired) electrons. The summed E-state index contributed by atoms with van der Waals surface area (Å²) in [6, 6.07) is 10.8. The second-order valence-corrected chi connectivity index (χ2v) is 7.76. The van der Waals surface area contributed by atoms with Crippen LogP contribution in [0.3, 0.4) is 0 Å². The minimum atomic E-state index is -0.114. The van der Waals surface area contributed by atoms with E-state index in [2.05, 4.69) is 4.90 Å². The van der Waals surface area contributed by atoms with Crippen LogP contribution in [-0.4, -0.2) is 48.9 Å². The topological polar surface area (TPSA) is 23.6 Å². The Balaban J connectivity index is 1.49. The molecule has 0 spiro atoms. The van der Waals surface area contributed by atoms with Gasteiger partial charge in [-0.25, -0.2) is 4.39 Å². The van der Waals surface area contributed by atoms with Gasteiger partial charge in [-0.15, -0.1) is 11.3 Å². The van der Waals surface area contributed by atoms with Crippen LogP contribution in [0, 0.1) is 11.7 Å². The van der Waals surface area contributed by atoms with Crippen LogP contribution in [0.4, 0.5) is 4.39 Å². The number of piperidine rings is 1. The van der Waals surface area contributed by atoms with Gasteiger partial charge in [0.15, 0.2) is 0 Å². The second kappa shape index (κ2) is 8.59. The first-order chi connectivity index (χ1) is 12.1. The van der Waals surface area contributed by atoms with Gasteiger partial charge >= 0.3 is 0 Å². The van der Waals surface area contributed by atoms with Crippen molar-refractivity contribution in [2.24, 2.45) is 5.92 Å². The summed E-state index contributed by atoms with van der Waals surface area (Å²) < 4.78 is 13.8. The minimum absolute atomic E-state index is 0.110. The first-order valence-electron chi connectivity index (χ1n) is 8.88. The van der Waals surface area contributed by atoms with Gasteiger partial charge in [0.25, 0.3) is 5.91 Å². The van der Waals surface area contributed by atoms with E-state index in [0.717, 1.165) is 55.9 Å². The lowest BCUT2D eigenvalue weighted by Crippen LogP contribution is -2.42. The highest BCUT2D eigenvalue weighted by molar-refractivity contribution is 7.12. The molecule has 2 aromatic rings. The zero-order valence-electron chi connectivity index (χ0n) is 14.7. The predicted molar refractivity (Wildman–Crippen MR) is 101 cm³/mol. The summed E-state index contributed by atoms with van der Waals surface area (Å²) in [5.74, 6) is 0.485. The maximum atomic E-state index is 13.8. The summed E-state index contributed by atoms with van der Waals surface area (Å²) in [6.45, 7) is 3.71. The van der Waals surface area contributed by atoms with Crippen molar-refractivity contribution in [1.82, 2.24) is 9.80 Å². The standard InChI is InChI=1S/C20H25FN2OS/c1-22(20(24)19-9-5-13-25-19)14-16-6-4-11-23(15-16)12-10-17-7-2-3-8-18(17)21/h2-3,5,7-9,13,16H,4,6,10-12,14-15H2,1H3. The average molecular weight is 360 g/mol. The van der Waals surface area contributed by atoms with Crippen molar-refractivity contribution in [1.29, 1.82) is 0 Å². The van der Waals surface area contributed by atoms with Crippen molar-refractivity contribution in [3.05, 3.63) is 58.0 Å². The van der Waals surface area contributed by atoms with E-state index in [-0.39, 0.29) is 11.7 Å². The molecule has 25 heavy (non-hydrogen) atoms. The van der Waals surface area contributed by atoms with Crippen LogP contribution < -0.4 is 0 Å². The van der Waals surface area contributed by atoms with Gasteiger partial charge in [-0.1, -0.05) is 24.3 Å². The maximum Gasteiger partial charge on any atom is 0.263 e. The Morgan fingerprint density at radius 1 is 1.32 bits per heavy atom. The molecule has 0 N–H and O–H groups in total. The third-order valence-electron chi connectivity index (χ3n) is 4.87. The molecule has 2 heterocycles. The van der Waals surface area contributed by atoms with Gasteiger partial charge in [0.1, 0.15) is 5.82 Å². The third kappa shape index (κ3) is 4.89. The lowest BCUT2D eigenvalue weighted by molar-refractivity contribution is 0.0735. The van der Waals surface area contributed by atoms with Crippen LogP contribution in [0.25, 0.3) is 0 Å². The molecule has 3 rings (SSSR count). The Morgan fingerprint density at radius 2 is 2.16 bits per heavy atom. The Morgan fingerprint density at radius 3 is 2.92 bits per heavy atom. The number of halogens is 1. The number of hydrogen-bond donors (Lipinski definition) is 0. The molecular weight excluding hydrogens is 335 g/mol. The number of nitrogens with zero attached hydrogens (tertiary/aromatic N) is 2. The van der Waals surface area contributed by atoms with Crippen LogP contribution in [0.1, 0.15) is 28.1 Å². The number of carbonyl (C=O) groups is 1. The summed E-state index contributed by atoms with van der Waals surface area (Å²) in [5, 5.41) is 1.94. The molecular formula is C20H25FN2OS. The van der Waals surface area contributed by atoms with Crippen molar-refractivity contribution >= 4 is 17.2 Å². The molecule has 1 aromatic heterocycles. The lowest BCUT2D eigenvalue weighted by Gasteiger charge is -2.34. The molecule has 0 bridgehead atoms. The molecule has 1 aromatic carbocycles. The van der Waals surface area contributed by atoms with E-state index < -0.39 is 0 Å². The number of hydrogen-bond acceptors (Lipinski definition) is 3. The van der Waals surface area contributed by atoms with Crippen molar-refractivity contribution in [2.75, 3.05) is 33.2 Å². The fourth-order valence-electron chi connectivity index (χ4n) is 3.54. The lowest BCUT2D eigenvalue weighted by atomic mass is 9.97. The van der Waals surface area contributed by atoms with Gasteiger partial charge in [0.05, 0.1) is 4.88 Å². The van der Waals surface area contributed by atoms with E-state index in [0.29, 0.717) is 5.92 Å². The number of rotatable bonds is 6. The van der Waals surface area contributed by atoms with Crippen molar-refractivity contribution < 1.29 is 9.18 Å². The largest absolute Gasteiger partial charge is 0.341 e. The fraction of sp³-hybridized carbons (Fsp3) is 0.450. The molecule has 134 valence electrons. The molecule has 1 aliphatic rings. The SMILES string of the molecule is CN(CC1CCCN(CCc2ccccc2F)C1)C(=O)c1cccs1. The maximum absolute atomic E-state index is 13.8.